The number of nitrogens with one attached hydrogen (secondary N) is 1. The predicted octanol–water partition coefficient (Wildman–Crippen LogP) is 1.87. The Balaban J connectivity index is 2.13. The van der Waals surface area contributed by atoms with Crippen LogP contribution in [0.4, 0.5) is 5.69 Å². The Morgan fingerprint density at radius 3 is 2.52 bits per heavy atom. The van der Waals surface area contributed by atoms with Gasteiger partial charge in [-0.3, -0.25) is 9.59 Å². The molecule has 2 amide bonds. The Morgan fingerprint density at radius 2 is 1.78 bits per heavy atom. The van der Waals surface area contributed by atoms with Crippen molar-refractivity contribution in [1.29, 1.82) is 0 Å². The molecule has 0 spiro atoms. The summed E-state index contributed by atoms with van der Waals surface area (Å²) >= 11 is 0. The fourth-order valence-corrected chi connectivity index (χ4v) is 2.91. The highest BCUT2D eigenvalue weighted by atomic mass is 16.3. The van der Waals surface area contributed by atoms with E-state index in [1.807, 2.05) is 48.5 Å². The third kappa shape index (κ3) is 2.71. The number of aliphatic hydroxyl groups is 1. The number of likely N-dealkylation sites (N-methyl/N-ethyl adjacent to an activating group) is 1. The highest BCUT2D eigenvalue weighted by Gasteiger charge is 2.32. The van der Waals surface area contributed by atoms with Gasteiger partial charge in [-0.15, -0.1) is 0 Å². The zero-order valence-electron chi connectivity index (χ0n) is 12.8. The maximum Gasteiger partial charge on any atom is 0.253 e. The molecule has 0 aromatic heterocycles. The minimum Gasteiger partial charge on any atom is -0.396 e. The Labute approximate surface area is 134 Å². The van der Waals surface area contributed by atoms with E-state index in [1.54, 1.807) is 11.9 Å². The summed E-state index contributed by atoms with van der Waals surface area (Å²) in [5, 5.41) is 11.7. The largest absolute Gasteiger partial charge is 0.396 e. The molecule has 0 radical (unpaired) electrons. The molecule has 0 bridgehead atoms. The van der Waals surface area contributed by atoms with E-state index in [1.165, 1.54) is 0 Å². The SMILES string of the molecule is CN1C(=O)[C@@H](NC(=O)CCO)c2ccccc2-c2ccccc21. The van der Waals surface area contributed by atoms with Gasteiger partial charge in [0.2, 0.25) is 5.91 Å². The lowest BCUT2D eigenvalue weighted by Crippen LogP contribution is -2.40. The van der Waals surface area contributed by atoms with E-state index in [0.29, 0.717) is 0 Å². The summed E-state index contributed by atoms with van der Waals surface area (Å²) in [6, 6.07) is 14.5. The summed E-state index contributed by atoms with van der Waals surface area (Å²) in [7, 11) is 1.71. The number of para-hydroxylation sites is 1. The number of carbonyl (C=O) groups excluding carboxylic acids is 2. The second-order valence-corrected chi connectivity index (χ2v) is 5.48. The molecule has 2 aromatic rings. The second-order valence-electron chi connectivity index (χ2n) is 5.48. The van der Waals surface area contributed by atoms with Crippen LogP contribution in [0.3, 0.4) is 0 Å². The van der Waals surface area contributed by atoms with Gasteiger partial charge in [0.25, 0.3) is 5.91 Å². The van der Waals surface area contributed by atoms with E-state index in [2.05, 4.69) is 5.32 Å². The number of rotatable bonds is 3. The zero-order chi connectivity index (χ0) is 16.4. The molecule has 0 saturated heterocycles. The lowest BCUT2D eigenvalue weighted by molar-refractivity contribution is -0.128. The van der Waals surface area contributed by atoms with Gasteiger partial charge in [0, 0.05) is 19.0 Å². The highest BCUT2D eigenvalue weighted by Crippen LogP contribution is 2.39. The van der Waals surface area contributed by atoms with Gasteiger partial charge in [0.05, 0.1) is 12.3 Å². The molecule has 0 unspecified atom stereocenters. The van der Waals surface area contributed by atoms with Gasteiger partial charge in [-0.05, 0) is 17.2 Å². The van der Waals surface area contributed by atoms with Gasteiger partial charge in [-0.1, -0.05) is 42.5 Å². The van der Waals surface area contributed by atoms with Crippen LogP contribution in [0.5, 0.6) is 0 Å². The van der Waals surface area contributed by atoms with Gasteiger partial charge in [-0.25, -0.2) is 0 Å². The minimum atomic E-state index is -0.761. The molecular formula is C18H18N2O3. The standard InChI is InChI=1S/C18H18N2O3/c1-20-15-9-5-4-7-13(15)12-6-2-3-8-14(12)17(18(20)23)19-16(22)10-11-21/h2-9,17,21H,10-11H2,1H3,(H,19,22)/t17-/m0/s1. The first-order valence-electron chi connectivity index (χ1n) is 7.49. The third-order valence-corrected chi connectivity index (χ3v) is 4.05. The van der Waals surface area contributed by atoms with E-state index in [0.717, 1.165) is 22.4 Å². The Hall–Kier alpha value is -2.66. The first-order chi connectivity index (χ1) is 11.1. The van der Waals surface area contributed by atoms with Crippen molar-refractivity contribution in [3.05, 3.63) is 54.1 Å². The third-order valence-electron chi connectivity index (χ3n) is 4.05. The molecule has 0 saturated carbocycles. The monoisotopic (exact) mass is 310 g/mol. The summed E-state index contributed by atoms with van der Waals surface area (Å²) in [5.41, 5.74) is 3.46. The van der Waals surface area contributed by atoms with Crippen molar-refractivity contribution in [1.82, 2.24) is 5.32 Å². The van der Waals surface area contributed by atoms with Crippen LogP contribution in [-0.4, -0.2) is 30.6 Å². The maximum absolute atomic E-state index is 12.9. The van der Waals surface area contributed by atoms with Crippen LogP contribution in [-0.2, 0) is 9.59 Å². The molecule has 1 aliphatic heterocycles. The van der Waals surface area contributed by atoms with Crippen LogP contribution < -0.4 is 10.2 Å². The van der Waals surface area contributed by atoms with E-state index in [9.17, 15) is 9.59 Å². The smallest absolute Gasteiger partial charge is 0.253 e. The summed E-state index contributed by atoms with van der Waals surface area (Å²) < 4.78 is 0. The summed E-state index contributed by atoms with van der Waals surface area (Å²) in [4.78, 5) is 26.3. The fraction of sp³-hybridized carbons (Fsp3) is 0.222. The van der Waals surface area contributed by atoms with E-state index in [4.69, 9.17) is 5.11 Å². The molecule has 5 heteroatoms. The van der Waals surface area contributed by atoms with Crippen molar-refractivity contribution >= 4 is 17.5 Å². The van der Waals surface area contributed by atoms with Crippen LogP contribution >= 0.6 is 0 Å². The van der Waals surface area contributed by atoms with Crippen molar-refractivity contribution in [3.8, 4) is 11.1 Å². The number of nitrogens with zero attached hydrogens (tertiary/aromatic N) is 1. The maximum atomic E-state index is 12.9. The van der Waals surface area contributed by atoms with E-state index < -0.39 is 6.04 Å². The second kappa shape index (κ2) is 6.22. The van der Waals surface area contributed by atoms with Crippen molar-refractivity contribution < 1.29 is 14.7 Å². The van der Waals surface area contributed by atoms with Crippen molar-refractivity contribution in [2.24, 2.45) is 0 Å². The molecule has 3 rings (SSSR count). The average Bonchev–Trinajstić information content (AvgIpc) is 2.66. The van der Waals surface area contributed by atoms with E-state index in [-0.39, 0.29) is 24.8 Å². The molecule has 1 heterocycles. The molecule has 1 atom stereocenters. The topological polar surface area (TPSA) is 69.6 Å². The number of carbonyl (C=O) groups is 2. The van der Waals surface area contributed by atoms with Crippen molar-refractivity contribution in [2.45, 2.75) is 12.5 Å². The van der Waals surface area contributed by atoms with Gasteiger partial charge in [0.1, 0.15) is 6.04 Å². The first-order valence-corrected chi connectivity index (χ1v) is 7.49. The molecule has 0 aliphatic carbocycles. The van der Waals surface area contributed by atoms with Crippen molar-refractivity contribution in [2.75, 3.05) is 18.6 Å². The summed E-state index contributed by atoms with van der Waals surface area (Å²) in [5.74, 6) is -0.548. The minimum absolute atomic E-state index is 0.0252. The van der Waals surface area contributed by atoms with Crippen LogP contribution in [0.2, 0.25) is 0 Å². The number of aliphatic hydroxyl groups excluding tert-OH is 1. The lowest BCUT2D eigenvalue weighted by Gasteiger charge is -2.22. The Kier molecular flexibility index (Phi) is 4.12. The molecule has 0 fully saturated rings. The molecule has 23 heavy (non-hydrogen) atoms. The molecule has 2 aromatic carbocycles. The number of benzene rings is 2. The quantitative estimate of drug-likeness (QED) is 0.909. The molecule has 5 nitrogen and oxygen atoms in total. The predicted molar refractivity (Wildman–Crippen MR) is 87.9 cm³/mol. The number of amides is 2. The number of hydrogen-bond acceptors (Lipinski definition) is 3. The van der Waals surface area contributed by atoms with Crippen LogP contribution in [0.15, 0.2) is 48.5 Å². The number of anilines is 1. The van der Waals surface area contributed by atoms with Gasteiger partial charge >= 0.3 is 0 Å². The summed E-state index contributed by atoms with van der Waals surface area (Å²) in [6.07, 6.45) is -0.0252. The normalized spacial score (nSPS) is 16.3. The number of hydrogen-bond donors (Lipinski definition) is 2. The van der Waals surface area contributed by atoms with Gasteiger partial charge < -0.3 is 15.3 Å². The van der Waals surface area contributed by atoms with Gasteiger partial charge in [-0.2, -0.15) is 0 Å². The van der Waals surface area contributed by atoms with Crippen LogP contribution in [0.25, 0.3) is 11.1 Å². The van der Waals surface area contributed by atoms with Crippen LogP contribution in [0.1, 0.15) is 18.0 Å². The fourth-order valence-electron chi connectivity index (χ4n) is 2.91. The lowest BCUT2D eigenvalue weighted by atomic mass is 9.95. The molecule has 2 N–H and O–H groups in total. The van der Waals surface area contributed by atoms with E-state index >= 15 is 0 Å². The molecule has 1 aliphatic rings. The number of fused-ring (bicyclic) bond motifs is 3. The zero-order valence-corrected chi connectivity index (χ0v) is 12.8. The Bertz CT molecular complexity index is 757. The molecular weight excluding hydrogens is 292 g/mol. The average molecular weight is 310 g/mol. The Morgan fingerprint density at radius 1 is 1.13 bits per heavy atom. The van der Waals surface area contributed by atoms with Crippen molar-refractivity contribution in [3.63, 3.8) is 0 Å². The first kappa shape index (κ1) is 15.2. The van der Waals surface area contributed by atoms with Crippen LogP contribution in [0, 0.1) is 0 Å². The van der Waals surface area contributed by atoms with Gasteiger partial charge in [0.15, 0.2) is 0 Å². The summed E-state index contributed by atoms with van der Waals surface area (Å²) in [6.45, 7) is -0.246. The highest BCUT2D eigenvalue weighted by molar-refractivity contribution is 6.05. The molecule has 118 valence electrons.